The number of hydrogen-bond acceptors (Lipinski definition) is 2. The average molecular weight is 99.1 g/mol. The van der Waals surface area contributed by atoms with Gasteiger partial charge in [-0.05, 0) is 11.9 Å². The van der Waals surface area contributed by atoms with Crippen molar-refractivity contribution in [2.75, 3.05) is 0 Å². The van der Waals surface area contributed by atoms with E-state index in [-0.39, 0.29) is 11.9 Å². The third-order valence-electron chi connectivity index (χ3n) is 0.103. The van der Waals surface area contributed by atoms with Crippen molar-refractivity contribution < 1.29 is 8.78 Å². The SMILES string of the molecule is NSC(F)F. The second-order valence-electron chi connectivity index (χ2n) is 0.397. The zero-order valence-corrected chi connectivity index (χ0v) is 3.14. The minimum Gasteiger partial charge on any atom is -0.273 e. The molecule has 0 unspecified atom stereocenters. The van der Waals surface area contributed by atoms with Crippen molar-refractivity contribution in [3.8, 4) is 0 Å². The van der Waals surface area contributed by atoms with Gasteiger partial charge in [0.15, 0.2) is 0 Å². The smallest absolute Gasteiger partial charge is 0.273 e. The molecule has 0 amide bonds. The van der Waals surface area contributed by atoms with E-state index in [1.165, 1.54) is 0 Å². The predicted octanol–water partition coefficient (Wildman–Crippen LogP) is 0.816. The summed E-state index contributed by atoms with van der Waals surface area (Å²) >= 11 is 0.0463. The van der Waals surface area contributed by atoms with Gasteiger partial charge in [0.1, 0.15) is 0 Å². The highest BCUT2D eigenvalue weighted by molar-refractivity contribution is 7.97. The highest BCUT2D eigenvalue weighted by Crippen LogP contribution is 2.02. The van der Waals surface area contributed by atoms with E-state index in [2.05, 4.69) is 5.14 Å². The first kappa shape index (κ1) is 5.17. The molecule has 0 bridgehead atoms. The second-order valence-corrected chi connectivity index (χ2v) is 1.03. The Kier molecular flexibility index (Phi) is 2.49. The number of alkyl halides is 2. The molecular formula is CH3F2NS. The molecule has 0 aromatic carbocycles. The molecule has 0 aromatic heterocycles. The molecule has 0 atom stereocenters. The summed E-state index contributed by atoms with van der Waals surface area (Å²) in [6, 6.07) is 0. The molecule has 1 nitrogen and oxygen atoms in total. The first-order valence-corrected chi connectivity index (χ1v) is 1.85. The molecule has 0 aliphatic carbocycles. The molecule has 5 heavy (non-hydrogen) atoms. The summed E-state index contributed by atoms with van der Waals surface area (Å²) in [5.74, 6) is -2.42. The van der Waals surface area contributed by atoms with Crippen LogP contribution < -0.4 is 5.14 Å². The normalized spacial score (nSPS) is 9.60. The maximum Gasteiger partial charge on any atom is 0.297 e. The van der Waals surface area contributed by atoms with Gasteiger partial charge in [-0.3, -0.25) is 5.14 Å². The van der Waals surface area contributed by atoms with Gasteiger partial charge in [0.25, 0.3) is 5.76 Å². The number of rotatable bonds is 1. The van der Waals surface area contributed by atoms with Crippen LogP contribution >= 0.6 is 11.9 Å². The van der Waals surface area contributed by atoms with Gasteiger partial charge in [-0.25, -0.2) is 0 Å². The van der Waals surface area contributed by atoms with E-state index in [0.29, 0.717) is 0 Å². The minimum atomic E-state index is -2.42. The van der Waals surface area contributed by atoms with Crippen LogP contribution in [0.4, 0.5) is 8.78 Å². The Morgan fingerprint density at radius 2 is 1.80 bits per heavy atom. The molecule has 0 spiro atoms. The van der Waals surface area contributed by atoms with Crippen LogP contribution in [0.5, 0.6) is 0 Å². The summed E-state index contributed by atoms with van der Waals surface area (Å²) in [5, 5.41) is 4.34. The molecule has 0 saturated heterocycles. The highest BCUT2D eigenvalue weighted by Gasteiger charge is 1.92. The molecule has 0 aliphatic rings. The fourth-order valence-electron chi connectivity index (χ4n) is 0. The molecule has 2 N–H and O–H groups in total. The summed E-state index contributed by atoms with van der Waals surface area (Å²) in [7, 11) is 0. The van der Waals surface area contributed by atoms with Crippen LogP contribution in [-0.4, -0.2) is 5.76 Å². The Morgan fingerprint density at radius 1 is 1.60 bits per heavy atom. The van der Waals surface area contributed by atoms with Gasteiger partial charge in [-0.2, -0.15) is 8.78 Å². The monoisotopic (exact) mass is 99.0 g/mol. The molecular weight excluding hydrogens is 96.1 g/mol. The number of hydrogen-bond donors (Lipinski definition) is 1. The summed E-state index contributed by atoms with van der Waals surface area (Å²) < 4.78 is 21.2. The summed E-state index contributed by atoms with van der Waals surface area (Å²) in [6.45, 7) is 0. The molecule has 0 aromatic rings. The Hall–Kier alpha value is 0.170. The van der Waals surface area contributed by atoms with Gasteiger partial charge < -0.3 is 0 Å². The Bertz CT molecular complexity index is 23.6. The largest absolute Gasteiger partial charge is 0.297 e. The van der Waals surface area contributed by atoms with Gasteiger partial charge in [-0.1, -0.05) is 0 Å². The molecule has 4 heteroatoms. The Balaban J connectivity index is 2.54. The van der Waals surface area contributed by atoms with E-state index in [1.54, 1.807) is 0 Å². The Morgan fingerprint density at radius 3 is 1.80 bits per heavy atom. The van der Waals surface area contributed by atoms with Gasteiger partial charge in [0, 0.05) is 0 Å². The third kappa shape index (κ3) is 4.17. The van der Waals surface area contributed by atoms with E-state index in [0.717, 1.165) is 0 Å². The van der Waals surface area contributed by atoms with Crippen LogP contribution in [0.3, 0.4) is 0 Å². The van der Waals surface area contributed by atoms with Gasteiger partial charge in [0.2, 0.25) is 0 Å². The lowest BCUT2D eigenvalue weighted by atomic mass is 11.7. The minimum absolute atomic E-state index is 0.0463. The quantitative estimate of drug-likeness (QED) is 0.492. The van der Waals surface area contributed by atoms with Crippen LogP contribution in [0, 0.1) is 0 Å². The molecule has 0 saturated carbocycles. The lowest BCUT2D eigenvalue weighted by Crippen LogP contribution is -1.85. The van der Waals surface area contributed by atoms with Crippen molar-refractivity contribution >= 4 is 11.9 Å². The van der Waals surface area contributed by atoms with Gasteiger partial charge >= 0.3 is 0 Å². The molecule has 0 aliphatic heterocycles. The predicted molar refractivity (Wildman–Crippen MR) is 17.8 cm³/mol. The van der Waals surface area contributed by atoms with E-state index in [4.69, 9.17) is 0 Å². The van der Waals surface area contributed by atoms with Crippen molar-refractivity contribution in [3.05, 3.63) is 0 Å². The zero-order valence-electron chi connectivity index (χ0n) is 2.32. The third-order valence-corrected chi connectivity index (χ3v) is 0.309. The van der Waals surface area contributed by atoms with E-state index < -0.39 is 5.76 Å². The van der Waals surface area contributed by atoms with Crippen LogP contribution in [0.1, 0.15) is 0 Å². The standard InChI is InChI=1S/CH3F2NS/c2-1(3)5-4/h1H,4H2. The topological polar surface area (TPSA) is 26.0 Å². The molecule has 0 heterocycles. The van der Waals surface area contributed by atoms with Crippen molar-refractivity contribution in [3.63, 3.8) is 0 Å². The van der Waals surface area contributed by atoms with Crippen molar-refractivity contribution in [2.24, 2.45) is 5.14 Å². The van der Waals surface area contributed by atoms with Crippen molar-refractivity contribution in [2.45, 2.75) is 5.76 Å². The second kappa shape index (κ2) is 2.41. The van der Waals surface area contributed by atoms with Crippen LogP contribution in [0.25, 0.3) is 0 Å². The number of nitrogens with two attached hydrogens (primary N) is 1. The maximum absolute atomic E-state index is 10.6. The average Bonchev–Trinajstić information content (AvgIpc) is 1.38. The summed E-state index contributed by atoms with van der Waals surface area (Å²) in [6.07, 6.45) is 0. The lowest BCUT2D eigenvalue weighted by Gasteiger charge is -1.81. The van der Waals surface area contributed by atoms with Gasteiger partial charge in [-0.15, -0.1) is 0 Å². The fourth-order valence-corrected chi connectivity index (χ4v) is 0. The van der Waals surface area contributed by atoms with E-state index >= 15 is 0 Å². The first-order chi connectivity index (χ1) is 2.27. The molecule has 0 rings (SSSR count). The molecule has 32 valence electrons. The first-order valence-electron chi connectivity index (χ1n) is 0.908. The van der Waals surface area contributed by atoms with Crippen molar-refractivity contribution in [1.82, 2.24) is 0 Å². The highest BCUT2D eigenvalue weighted by atomic mass is 32.2. The lowest BCUT2D eigenvalue weighted by molar-refractivity contribution is 0.252. The van der Waals surface area contributed by atoms with E-state index in [1.807, 2.05) is 0 Å². The van der Waals surface area contributed by atoms with Crippen LogP contribution in [-0.2, 0) is 0 Å². The Labute approximate surface area is 32.7 Å². The van der Waals surface area contributed by atoms with E-state index in [9.17, 15) is 8.78 Å². The summed E-state index contributed by atoms with van der Waals surface area (Å²) in [4.78, 5) is 0. The van der Waals surface area contributed by atoms with Crippen molar-refractivity contribution in [1.29, 1.82) is 0 Å². The van der Waals surface area contributed by atoms with Crippen LogP contribution in [0.15, 0.2) is 0 Å². The maximum atomic E-state index is 10.6. The van der Waals surface area contributed by atoms with Crippen LogP contribution in [0.2, 0.25) is 0 Å². The fraction of sp³-hybridized carbons (Fsp3) is 1.00. The molecule has 0 fully saturated rings. The zero-order chi connectivity index (χ0) is 4.28. The van der Waals surface area contributed by atoms with Gasteiger partial charge in [0.05, 0.1) is 0 Å². The molecule has 0 radical (unpaired) electrons. The number of halogens is 2. The summed E-state index contributed by atoms with van der Waals surface area (Å²) in [5.41, 5.74) is 0.